The highest BCUT2D eigenvalue weighted by atomic mass is 16.5. The van der Waals surface area contributed by atoms with E-state index in [1.165, 1.54) is 0 Å². The Balaban J connectivity index is 1.28. The number of carbonyl (C=O) groups is 2. The molecule has 1 atom stereocenters. The second-order valence-corrected chi connectivity index (χ2v) is 9.29. The Bertz CT molecular complexity index is 964. The van der Waals surface area contributed by atoms with Crippen molar-refractivity contribution in [2.75, 3.05) is 32.8 Å². The van der Waals surface area contributed by atoms with E-state index >= 15 is 0 Å². The Kier molecular flexibility index (Phi) is 5.59. The van der Waals surface area contributed by atoms with Gasteiger partial charge in [0.2, 0.25) is 0 Å². The Morgan fingerprint density at radius 2 is 1.97 bits per heavy atom. The van der Waals surface area contributed by atoms with E-state index in [1.54, 1.807) is 6.20 Å². The number of piperidine rings is 1. The number of hydrogen-bond donors (Lipinski definition) is 0. The van der Waals surface area contributed by atoms with Crippen molar-refractivity contribution in [2.45, 2.75) is 44.3 Å². The van der Waals surface area contributed by atoms with Gasteiger partial charge in [-0.2, -0.15) is 0 Å². The minimum Gasteiger partial charge on any atom is -0.379 e. The first-order valence-corrected chi connectivity index (χ1v) is 11.5. The third kappa shape index (κ3) is 3.86. The van der Waals surface area contributed by atoms with Gasteiger partial charge in [-0.1, -0.05) is 23.8 Å². The number of carbonyl (C=O) groups excluding carboxylic acids is 2. The standard InChI is InChI=1S/C25H30N4O3/c1-19-4-6-21(7-5-19)23(30)27-12-8-22(9-13-27)29-24(31)28(16-20-3-2-11-26-15-20)17-25(29)10-14-32-18-25/h2-7,11,15,22H,8-10,12-14,16-18H2,1H3. The predicted octanol–water partition coefficient (Wildman–Crippen LogP) is 3.09. The molecule has 7 nitrogen and oxygen atoms in total. The molecule has 1 aromatic heterocycles. The highest BCUT2D eigenvalue weighted by Crippen LogP contribution is 2.38. The number of amides is 3. The SMILES string of the molecule is Cc1ccc(C(=O)N2CCC(N3C(=O)N(Cc4cccnc4)CC34CCOC4)CC2)cc1. The molecule has 0 radical (unpaired) electrons. The number of nitrogens with zero attached hydrogens (tertiary/aromatic N) is 4. The number of ether oxygens (including phenoxy) is 1. The van der Waals surface area contributed by atoms with Gasteiger partial charge >= 0.3 is 6.03 Å². The summed E-state index contributed by atoms with van der Waals surface area (Å²) in [7, 11) is 0. The van der Waals surface area contributed by atoms with Gasteiger partial charge in [-0.3, -0.25) is 9.78 Å². The van der Waals surface area contributed by atoms with Crippen LogP contribution < -0.4 is 0 Å². The molecule has 0 bridgehead atoms. The van der Waals surface area contributed by atoms with Crippen LogP contribution in [0.15, 0.2) is 48.8 Å². The zero-order valence-electron chi connectivity index (χ0n) is 18.6. The number of hydrogen-bond acceptors (Lipinski definition) is 4. The number of aryl methyl sites for hydroxylation is 1. The fourth-order valence-electron chi connectivity index (χ4n) is 5.35. The first kappa shape index (κ1) is 20.9. The van der Waals surface area contributed by atoms with E-state index in [-0.39, 0.29) is 23.5 Å². The van der Waals surface area contributed by atoms with E-state index in [0.717, 1.165) is 36.0 Å². The summed E-state index contributed by atoms with van der Waals surface area (Å²) in [4.78, 5) is 36.6. The van der Waals surface area contributed by atoms with Crippen LogP contribution in [0, 0.1) is 6.92 Å². The molecule has 168 valence electrons. The lowest BCUT2D eigenvalue weighted by atomic mass is 9.92. The van der Waals surface area contributed by atoms with Crippen molar-refractivity contribution in [3.63, 3.8) is 0 Å². The van der Waals surface area contributed by atoms with Crippen LogP contribution in [0.2, 0.25) is 0 Å². The van der Waals surface area contributed by atoms with E-state index in [9.17, 15) is 9.59 Å². The van der Waals surface area contributed by atoms with E-state index in [0.29, 0.717) is 39.4 Å². The van der Waals surface area contributed by atoms with Crippen molar-refractivity contribution in [1.82, 2.24) is 19.7 Å². The van der Waals surface area contributed by atoms with Crippen LogP contribution in [0.1, 0.15) is 40.7 Å². The van der Waals surface area contributed by atoms with E-state index in [1.807, 2.05) is 59.3 Å². The summed E-state index contributed by atoms with van der Waals surface area (Å²) in [5, 5.41) is 0. The molecule has 3 aliphatic rings. The fourth-order valence-corrected chi connectivity index (χ4v) is 5.35. The summed E-state index contributed by atoms with van der Waals surface area (Å²) in [5.41, 5.74) is 2.66. The largest absolute Gasteiger partial charge is 0.379 e. The number of aromatic nitrogens is 1. The summed E-state index contributed by atoms with van der Waals surface area (Å²) in [6, 6.07) is 11.9. The van der Waals surface area contributed by atoms with Crippen molar-refractivity contribution >= 4 is 11.9 Å². The van der Waals surface area contributed by atoms with Crippen molar-refractivity contribution in [3.8, 4) is 0 Å². The zero-order valence-corrected chi connectivity index (χ0v) is 18.6. The molecule has 2 aromatic rings. The van der Waals surface area contributed by atoms with E-state index < -0.39 is 0 Å². The molecule has 1 spiro atoms. The average molecular weight is 435 g/mol. The van der Waals surface area contributed by atoms with Crippen LogP contribution >= 0.6 is 0 Å². The molecule has 0 aliphatic carbocycles. The van der Waals surface area contributed by atoms with Crippen LogP contribution in [0.5, 0.6) is 0 Å². The van der Waals surface area contributed by atoms with Gasteiger partial charge in [-0.05, 0) is 49.9 Å². The van der Waals surface area contributed by atoms with Crippen LogP contribution in [-0.2, 0) is 11.3 Å². The topological polar surface area (TPSA) is 66.0 Å². The van der Waals surface area contributed by atoms with Crippen LogP contribution in [0.25, 0.3) is 0 Å². The Labute approximate surface area is 189 Å². The zero-order chi connectivity index (χ0) is 22.1. The van der Waals surface area contributed by atoms with E-state index in [2.05, 4.69) is 9.88 Å². The molecule has 1 unspecified atom stereocenters. The van der Waals surface area contributed by atoms with Gasteiger partial charge in [0.1, 0.15) is 0 Å². The molecule has 0 saturated carbocycles. The van der Waals surface area contributed by atoms with Crippen molar-refractivity contribution in [2.24, 2.45) is 0 Å². The van der Waals surface area contributed by atoms with Crippen molar-refractivity contribution in [1.29, 1.82) is 0 Å². The maximum Gasteiger partial charge on any atom is 0.321 e. The Morgan fingerprint density at radius 1 is 1.19 bits per heavy atom. The van der Waals surface area contributed by atoms with Crippen molar-refractivity contribution < 1.29 is 14.3 Å². The molecule has 4 heterocycles. The molecule has 0 N–H and O–H groups in total. The summed E-state index contributed by atoms with van der Waals surface area (Å²) in [6.07, 6.45) is 6.03. The van der Waals surface area contributed by atoms with Gasteiger partial charge in [-0.25, -0.2) is 4.79 Å². The lowest BCUT2D eigenvalue weighted by Crippen LogP contribution is -2.56. The third-order valence-corrected chi connectivity index (χ3v) is 7.07. The molecule has 3 saturated heterocycles. The molecule has 5 rings (SSSR count). The first-order chi connectivity index (χ1) is 15.6. The number of urea groups is 1. The van der Waals surface area contributed by atoms with Gasteiger partial charge < -0.3 is 19.4 Å². The van der Waals surface area contributed by atoms with Gasteiger partial charge in [0.15, 0.2) is 0 Å². The first-order valence-electron chi connectivity index (χ1n) is 11.5. The lowest BCUT2D eigenvalue weighted by Gasteiger charge is -2.42. The average Bonchev–Trinajstić information content (AvgIpc) is 3.39. The second-order valence-electron chi connectivity index (χ2n) is 9.29. The molecule has 7 heteroatoms. The van der Waals surface area contributed by atoms with Gasteiger partial charge in [-0.15, -0.1) is 0 Å². The predicted molar refractivity (Wildman–Crippen MR) is 120 cm³/mol. The summed E-state index contributed by atoms with van der Waals surface area (Å²) >= 11 is 0. The molecule has 32 heavy (non-hydrogen) atoms. The Hall–Kier alpha value is -2.93. The molecule has 3 aliphatic heterocycles. The quantitative estimate of drug-likeness (QED) is 0.742. The smallest absolute Gasteiger partial charge is 0.321 e. The highest BCUT2D eigenvalue weighted by Gasteiger charge is 2.54. The Morgan fingerprint density at radius 3 is 2.62 bits per heavy atom. The number of benzene rings is 1. The molecular formula is C25H30N4O3. The molecule has 1 aromatic carbocycles. The van der Waals surface area contributed by atoms with Crippen LogP contribution in [0.4, 0.5) is 4.79 Å². The lowest BCUT2D eigenvalue weighted by molar-refractivity contribution is 0.0498. The van der Waals surface area contributed by atoms with Crippen LogP contribution in [0.3, 0.4) is 0 Å². The monoisotopic (exact) mass is 434 g/mol. The minimum atomic E-state index is -0.257. The maximum absolute atomic E-state index is 13.5. The van der Waals surface area contributed by atoms with Gasteiger partial charge in [0.25, 0.3) is 5.91 Å². The summed E-state index contributed by atoms with van der Waals surface area (Å²) < 4.78 is 5.78. The van der Waals surface area contributed by atoms with Crippen molar-refractivity contribution in [3.05, 3.63) is 65.5 Å². The van der Waals surface area contributed by atoms with Gasteiger partial charge in [0, 0.05) is 56.8 Å². The van der Waals surface area contributed by atoms with Crippen LogP contribution in [-0.4, -0.2) is 76.1 Å². The third-order valence-electron chi connectivity index (χ3n) is 7.07. The maximum atomic E-state index is 13.5. The number of likely N-dealkylation sites (tertiary alicyclic amines) is 1. The van der Waals surface area contributed by atoms with E-state index in [4.69, 9.17) is 4.74 Å². The number of pyridine rings is 1. The summed E-state index contributed by atoms with van der Waals surface area (Å²) in [6.45, 7) is 5.88. The highest BCUT2D eigenvalue weighted by molar-refractivity contribution is 5.94. The molecule has 3 fully saturated rings. The summed E-state index contributed by atoms with van der Waals surface area (Å²) in [5.74, 6) is 0.0771. The fraction of sp³-hybridized carbons (Fsp3) is 0.480. The minimum absolute atomic E-state index is 0.0771. The molecule has 3 amide bonds. The second kappa shape index (κ2) is 8.54. The van der Waals surface area contributed by atoms with Gasteiger partial charge in [0.05, 0.1) is 12.1 Å². The number of rotatable bonds is 4. The normalized spacial score (nSPS) is 24.0. The molecular weight excluding hydrogens is 404 g/mol.